The molecule has 0 aromatic carbocycles. The van der Waals surface area contributed by atoms with Crippen molar-refractivity contribution in [2.75, 3.05) is 13.1 Å². The van der Waals surface area contributed by atoms with Gasteiger partial charge in [-0.3, -0.25) is 9.59 Å². The zero-order chi connectivity index (χ0) is 13.0. The van der Waals surface area contributed by atoms with Gasteiger partial charge in [0.2, 0.25) is 11.8 Å². The van der Waals surface area contributed by atoms with Crippen LogP contribution in [-0.2, 0) is 9.59 Å². The lowest BCUT2D eigenvalue weighted by Crippen LogP contribution is -2.60. The molecule has 1 fully saturated rings. The van der Waals surface area contributed by atoms with Crippen LogP contribution in [0.1, 0.15) is 33.6 Å². The van der Waals surface area contributed by atoms with Gasteiger partial charge in [-0.2, -0.15) is 0 Å². The Bertz CT molecular complexity index is 291. The largest absolute Gasteiger partial charge is 0.353 e. The molecule has 1 rings (SSSR count). The Morgan fingerprint density at radius 2 is 2.24 bits per heavy atom. The second-order valence-corrected chi connectivity index (χ2v) is 4.98. The van der Waals surface area contributed by atoms with E-state index in [2.05, 4.69) is 5.32 Å². The fraction of sp³-hybridized carbons (Fsp3) is 0.833. The van der Waals surface area contributed by atoms with Crippen LogP contribution in [0.25, 0.3) is 0 Å². The lowest BCUT2D eigenvalue weighted by Gasteiger charge is -2.36. The van der Waals surface area contributed by atoms with Crippen molar-refractivity contribution in [2.45, 2.75) is 45.7 Å². The summed E-state index contributed by atoms with van der Waals surface area (Å²) >= 11 is 0. The van der Waals surface area contributed by atoms with Crippen LogP contribution in [-0.4, -0.2) is 41.9 Å². The molecule has 3 N–H and O–H groups in total. The van der Waals surface area contributed by atoms with Crippen LogP contribution < -0.4 is 11.1 Å². The molecule has 2 atom stereocenters. The first-order valence-corrected chi connectivity index (χ1v) is 6.31. The van der Waals surface area contributed by atoms with Crippen LogP contribution >= 0.6 is 0 Å². The van der Waals surface area contributed by atoms with Gasteiger partial charge in [0.05, 0.1) is 6.04 Å². The topological polar surface area (TPSA) is 75.4 Å². The van der Waals surface area contributed by atoms with Gasteiger partial charge in [0, 0.05) is 13.1 Å². The molecule has 0 radical (unpaired) electrons. The first kappa shape index (κ1) is 14.0. The number of piperazine rings is 1. The Labute approximate surface area is 103 Å². The summed E-state index contributed by atoms with van der Waals surface area (Å²) in [5.74, 6) is 0.219. The monoisotopic (exact) mass is 241 g/mol. The minimum Gasteiger partial charge on any atom is -0.353 e. The molecule has 0 aromatic heterocycles. The minimum absolute atomic E-state index is 0.0659. The molecule has 1 aliphatic heterocycles. The Hall–Kier alpha value is -1.10. The summed E-state index contributed by atoms with van der Waals surface area (Å²) in [5.41, 5.74) is 5.89. The van der Waals surface area contributed by atoms with E-state index in [0.29, 0.717) is 31.8 Å². The molecule has 0 spiro atoms. The van der Waals surface area contributed by atoms with E-state index in [1.54, 1.807) is 4.90 Å². The number of hydrogen-bond acceptors (Lipinski definition) is 3. The molecule has 0 bridgehead atoms. The zero-order valence-electron chi connectivity index (χ0n) is 10.9. The van der Waals surface area contributed by atoms with Crippen LogP contribution in [0, 0.1) is 5.92 Å². The molecular formula is C12H23N3O2. The molecule has 0 saturated carbocycles. The van der Waals surface area contributed by atoms with Crippen molar-refractivity contribution in [2.24, 2.45) is 11.7 Å². The fourth-order valence-corrected chi connectivity index (χ4v) is 2.21. The number of carbonyl (C=O) groups is 2. The van der Waals surface area contributed by atoms with E-state index >= 15 is 0 Å². The summed E-state index contributed by atoms with van der Waals surface area (Å²) in [4.78, 5) is 25.4. The summed E-state index contributed by atoms with van der Waals surface area (Å²) in [7, 11) is 0. The summed E-state index contributed by atoms with van der Waals surface area (Å²) in [6.45, 7) is 7.06. The molecule has 1 aliphatic rings. The van der Waals surface area contributed by atoms with Crippen LogP contribution in [0.3, 0.4) is 0 Å². The SMILES string of the molecule is CCC1C(=O)NCCN1C(=O)[C@H](N)CC(C)C. The van der Waals surface area contributed by atoms with Gasteiger partial charge in [0.1, 0.15) is 6.04 Å². The number of nitrogens with two attached hydrogens (primary N) is 1. The van der Waals surface area contributed by atoms with E-state index in [9.17, 15) is 9.59 Å². The predicted molar refractivity (Wildman–Crippen MR) is 66.2 cm³/mol. The van der Waals surface area contributed by atoms with Gasteiger partial charge in [-0.25, -0.2) is 0 Å². The van der Waals surface area contributed by atoms with Crippen molar-refractivity contribution >= 4 is 11.8 Å². The van der Waals surface area contributed by atoms with Gasteiger partial charge in [-0.1, -0.05) is 20.8 Å². The van der Waals surface area contributed by atoms with Crippen LogP contribution in [0.15, 0.2) is 0 Å². The Balaban J connectivity index is 2.69. The lowest BCUT2D eigenvalue weighted by atomic mass is 10.0. The third kappa shape index (κ3) is 3.43. The molecule has 2 amide bonds. The van der Waals surface area contributed by atoms with Crippen molar-refractivity contribution in [3.05, 3.63) is 0 Å². The maximum atomic E-state index is 12.2. The third-order valence-corrected chi connectivity index (χ3v) is 3.04. The van der Waals surface area contributed by atoms with Gasteiger partial charge in [0.25, 0.3) is 0 Å². The highest BCUT2D eigenvalue weighted by Crippen LogP contribution is 2.12. The second-order valence-electron chi connectivity index (χ2n) is 4.98. The summed E-state index contributed by atoms with van der Waals surface area (Å²) in [6.07, 6.45) is 1.29. The summed E-state index contributed by atoms with van der Waals surface area (Å²) < 4.78 is 0. The number of nitrogens with zero attached hydrogens (tertiary/aromatic N) is 1. The first-order valence-electron chi connectivity index (χ1n) is 6.31. The maximum Gasteiger partial charge on any atom is 0.242 e. The van der Waals surface area contributed by atoms with Crippen molar-refractivity contribution in [1.29, 1.82) is 0 Å². The third-order valence-electron chi connectivity index (χ3n) is 3.04. The normalized spacial score (nSPS) is 22.5. The zero-order valence-corrected chi connectivity index (χ0v) is 10.9. The van der Waals surface area contributed by atoms with Gasteiger partial charge in [-0.05, 0) is 18.8 Å². The van der Waals surface area contributed by atoms with E-state index < -0.39 is 6.04 Å². The highest BCUT2D eigenvalue weighted by atomic mass is 16.2. The molecule has 5 nitrogen and oxygen atoms in total. The van der Waals surface area contributed by atoms with Crippen LogP contribution in [0.4, 0.5) is 0 Å². The van der Waals surface area contributed by atoms with Crippen molar-refractivity contribution in [3.63, 3.8) is 0 Å². The fourth-order valence-electron chi connectivity index (χ4n) is 2.21. The Morgan fingerprint density at radius 3 is 2.76 bits per heavy atom. The van der Waals surface area contributed by atoms with Crippen molar-refractivity contribution in [1.82, 2.24) is 10.2 Å². The average Bonchev–Trinajstić information content (AvgIpc) is 2.26. The quantitative estimate of drug-likeness (QED) is 0.733. The molecule has 1 heterocycles. The smallest absolute Gasteiger partial charge is 0.242 e. The van der Waals surface area contributed by atoms with Crippen LogP contribution in [0.2, 0.25) is 0 Å². The van der Waals surface area contributed by atoms with Gasteiger partial charge in [0.15, 0.2) is 0 Å². The average molecular weight is 241 g/mol. The molecular weight excluding hydrogens is 218 g/mol. The Morgan fingerprint density at radius 1 is 1.59 bits per heavy atom. The molecule has 0 aliphatic carbocycles. The van der Waals surface area contributed by atoms with Crippen molar-refractivity contribution < 1.29 is 9.59 Å². The van der Waals surface area contributed by atoms with E-state index in [1.165, 1.54) is 0 Å². The predicted octanol–water partition coefficient (Wildman–Crippen LogP) is 0.0968. The van der Waals surface area contributed by atoms with Gasteiger partial charge in [-0.15, -0.1) is 0 Å². The highest BCUT2D eigenvalue weighted by Gasteiger charge is 2.33. The molecule has 98 valence electrons. The first-order chi connectivity index (χ1) is 7.97. The molecule has 1 unspecified atom stereocenters. The van der Waals surface area contributed by atoms with E-state index in [1.807, 2.05) is 20.8 Å². The van der Waals surface area contributed by atoms with Crippen molar-refractivity contribution in [3.8, 4) is 0 Å². The maximum absolute atomic E-state index is 12.2. The molecule has 5 heteroatoms. The van der Waals surface area contributed by atoms with E-state index in [0.717, 1.165) is 0 Å². The number of carbonyl (C=O) groups excluding carboxylic acids is 2. The van der Waals surface area contributed by atoms with Crippen LogP contribution in [0.5, 0.6) is 0 Å². The number of amides is 2. The molecule has 0 aromatic rings. The minimum atomic E-state index is -0.491. The lowest BCUT2D eigenvalue weighted by molar-refractivity contribution is -0.144. The van der Waals surface area contributed by atoms with E-state index in [4.69, 9.17) is 5.73 Å². The summed E-state index contributed by atoms with van der Waals surface area (Å²) in [5, 5.41) is 2.77. The molecule has 1 saturated heterocycles. The number of nitrogens with one attached hydrogen (secondary N) is 1. The molecule has 17 heavy (non-hydrogen) atoms. The number of hydrogen-bond donors (Lipinski definition) is 2. The van der Waals surface area contributed by atoms with Gasteiger partial charge >= 0.3 is 0 Å². The standard InChI is InChI=1S/C12H23N3O2/c1-4-10-11(16)14-5-6-15(10)12(17)9(13)7-8(2)3/h8-10H,4-7,13H2,1-3H3,(H,14,16)/t9-,10?/m1/s1. The summed E-state index contributed by atoms with van der Waals surface area (Å²) in [6, 6.07) is -0.843. The highest BCUT2D eigenvalue weighted by molar-refractivity contribution is 5.90. The van der Waals surface area contributed by atoms with E-state index in [-0.39, 0.29) is 17.9 Å². The van der Waals surface area contributed by atoms with Gasteiger partial charge < -0.3 is 16.0 Å². The number of rotatable bonds is 4. The Kier molecular flexibility index (Phi) is 4.93. The second kappa shape index (κ2) is 6.00.